The molecule has 1 N–H and O–H groups in total. The minimum atomic E-state index is -0.623. The number of nitrogens with one attached hydrogen (secondary N) is 1. The Kier molecular flexibility index (Phi) is 5.04. The van der Waals surface area contributed by atoms with Crippen LogP contribution >= 0.6 is 11.6 Å². The fraction of sp³-hybridized carbons (Fsp3) is 0.167. The van der Waals surface area contributed by atoms with E-state index in [4.69, 9.17) is 16.3 Å². The molecule has 0 unspecified atom stereocenters. The quantitative estimate of drug-likeness (QED) is 0.537. The van der Waals surface area contributed by atoms with Gasteiger partial charge in [-0.05, 0) is 60.4 Å². The fourth-order valence-electron chi connectivity index (χ4n) is 4.28. The number of ether oxygens (including phenoxy) is 1. The molecule has 2 aliphatic heterocycles. The summed E-state index contributed by atoms with van der Waals surface area (Å²) in [6.07, 6.45) is 2.67. The van der Waals surface area contributed by atoms with E-state index < -0.39 is 11.6 Å². The molecule has 0 radical (unpaired) electrons. The van der Waals surface area contributed by atoms with Gasteiger partial charge < -0.3 is 10.1 Å². The van der Waals surface area contributed by atoms with Crippen LogP contribution in [0.15, 0.2) is 66.4 Å². The standard InChI is InChI=1S/C24H17ClF2N2O2/c25-21-11-13(9-10-28-21)22-19-7-8-20(31-19)23(22)24(30)29-14-5-6-16(18(27)12-14)15-3-1-2-4-17(15)26/h1-6,9-12,19-20H,7-8H2,(H,29,30)/t19-,20+/m0/s1. The molecule has 1 fully saturated rings. The zero-order valence-corrected chi connectivity index (χ0v) is 17.0. The zero-order chi connectivity index (χ0) is 21.5. The number of benzene rings is 2. The van der Waals surface area contributed by atoms with Gasteiger partial charge in [-0.3, -0.25) is 4.79 Å². The van der Waals surface area contributed by atoms with Crippen LogP contribution in [0.5, 0.6) is 0 Å². The Balaban J connectivity index is 1.46. The molecule has 2 bridgehead atoms. The number of amides is 1. The summed E-state index contributed by atoms with van der Waals surface area (Å²) in [5.74, 6) is -1.49. The van der Waals surface area contributed by atoms with Gasteiger partial charge in [0.05, 0.1) is 17.8 Å². The van der Waals surface area contributed by atoms with Gasteiger partial charge in [-0.1, -0.05) is 29.8 Å². The maximum atomic E-state index is 14.7. The van der Waals surface area contributed by atoms with Gasteiger partial charge in [0, 0.05) is 23.0 Å². The van der Waals surface area contributed by atoms with Gasteiger partial charge in [0.25, 0.3) is 5.91 Å². The summed E-state index contributed by atoms with van der Waals surface area (Å²) in [6, 6.07) is 13.7. The van der Waals surface area contributed by atoms with E-state index in [2.05, 4.69) is 10.3 Å². The number of hydrogen-bond acceptors (Lipinski definition) is 3. The number of hydrogen-bond donors (Lipinski definition) is 1. The second-order valence-electron chi connectivity index (χ2n) is 7.51. The van der Waals surface area contributed by atoms with Crippen molar-refractivity contribution in [3.63, 3.8) is 0 Å². The summed E-state index contributed by atoms with van der Waals surface area (Å²) in [5, 5.41) is 3.09. The van der Waals surface area contributed by atoms with Crippen LogP contribution in [0.3, 0.4) is 0 Å². The van der Waals surface area contributed by atoms with Crippen molar-refractivity contribution >= 4 is 28.8 Å². The molecular weight excluding hydrogens is 422 g/mol. The Morgan fingerprint density at radius 3 is 2.55 bits per heavy atom. The van der Waals surface area contributed by atoms with E-state index in [1.54, 1.807) is 36.5 Å². The van der Waals surface area contributed by atoms with Crippen LogP contribution in [0.25, 0.3) is 16.7 Å². The smallest absolute Gasteiger partial charge is 0.254 e. The number of rotatable bonds is 4. The Morgan fingerprint density at radius 1 is 1.00 bits per heavy atom. The van der Waals surface area contributed by atoms with Gasteiger partial charge in [0.1, 0.15) is 16.8 Å². The normalized spacial score (nSPS) is 19.7. The molecule has 0 aliphatic carbocycles. The maximum Gasteiger partial charge on any atom is 0.254 e. The summed E-state index contributed by atoms with van der Waals surface area (Å²) < 4.78 is 34.7. The highest BCUT2D eigenvalue weighted by molar-refractivity contribution is 6.29. The number of anilines is 1. The van der Waals surface area contributed by atoms with Crippen LogP contribution in [-0.2, 0) is 9.53 Å². The Labute approximate surface area is 182 Å². The third-order valence-corrected chi connectivity index (χ3v) is 5.83. The maximum absolute atomic E-state index is 14.7. The lowest BCUT2D eigenvalue weighted by atomic mass is 9.87. The number of carbonyl (C=O) groups excluding carboxylic acids is 1. The van der Waals surface area contributed by atoms with Crippen LogP contribution < -0.4 is 5.32 Å². The highest BCUT2D eigenvalue weighted by Crippen LogP contribution is 2.44. The van der Waals surface area contributed by atoms with E-state index in [0.717, 1.165) is 24.0 Å². The summed E-state index contributed by atoms with van der Waals surface area (Å²) in [7, 11) is 0. The Bertz CT molecular complexity index is 1230. The van der Waals surface area contributed by atoms with Crippen molar-refractivity contribution < 1.29 is 18.3 Å². The predicted molar refractivity (Wildman–Crippen MR) is 114 cm³/mol. The van der Waals surface area contributed by atoms with Gasteiger partial charge in [-0.15, -0.1) is 0 Å². The molecule has 31 heavy (non-hydrogen) atoms. The van der Waals surface area contributed by atoms with Crippen molar-refractivity contribution in [2.24, 2.45) is 0 Å². The minimum absolute atomic E-state index is 0.130. The lowest BCUT2D eigenvalue weighted by Gasteiger charge is -2.17. The van der Waals surface area contributed by atoms with Crippen LogP contribution in [-0.4, -0.2) is 23.1 Å². The predicted octanol–water partition coefficient (Wildman–Crippen LogP) is 5.63. The highest BCUT2D eigenvalue weighted by Gasteiger charge is 2.43. The number of halogens is 3. The summed E-state index contributed by atoms with van der Waals surface area (Å²) in [5.41, 5.74) is 2.69. The minimum Gasteiger partial charge on any atom is -0.365 e. The molecule has 2 aliphatic rings. The van der Waals surface area contributed by atoms with Gasteiger partial charge in [-0.2, -0.15) is 0 Å². The second-order valence-corrected chi connectivity index (χ2v) is 7.90. The Morgan fingerprint density at radius 2 is 1.77 bits per heavy atom. The van der Waals surface area contributed by atoms with Gasteiger partial charge >= 0.3 is 0 Å². The molecule has 4 nitrogen and oxygen atoms in total. The van der Waals surface area contributed by atoms with Gasteiger partial charge in [0.2, 0.25) is 0 Å². The Hall–Kier alpha value is -3.09. The number of aromatic nitrogens is 1. The number of pyridine rings is 1. The first-order valence-corrected chi connectivity index (χ1v) is 10.3. The van der Waals surface area contributed by atoms with Gasteiger partial charge in [0.15, 0.2) is 0 Å². The highest BCUT2D eigenvalue weighted by atomic mass is 35.5. The number of fused-ring (bicyclic) bond motifs is 2. The molecule has 5 rings (SSSR count). The molecular formula is C24H17ClF2N2O2. The molecule has 2 atom stereocenters. The molecule has 7 heteroatoms. The molecule has 3 aromatic rings. The third-order valence-electron chi connectivity index (χ3n) is 5.63. The molecule has 2 aromatic carbocycles. The monoisotopic (exact) mass is 438 g/mol. The van der Waals surface area contributed by atoms with Crippen LogP contribution in [0.1, 0.15) is 18.4 Å². The molecule has 1 aromatic heterocycles. The van der Waals surface area contributed by atoms with Crippen molar-refractivity contribution in [1.29, 1.82) is 0 Å². The van der Waals surface area contributed by atoms with E-state index in [1.165, 1.54) is 24.3 Å². The summed E-state index contributed by atoms with van der Waals surface area (Å²) >= 11 is 6.03. The fourth-order valence-corrected chi connectivity index (χ4v) is 4.45. The van der Waals surface area contributed by atoms with Crippen molar-refractivity contribution in [2.45, 2.75) is 25.0 Å². The largest absolute Gasteiger partial charge is 0.365 e. The molecule has 1 amide bonds. The molecule has 0 saturated carbocycles. The van der Waals surface area contributed by atoms with Crippen LogP contribution in [0.4, 0.5) is 14.5 Å². The van der Waals surface area contributed by atoms with E-state index in [0.29, 0.717) is 10.7 Å². The van der Waals surface area contributed by atoms with E-state index in [9.17, 15) is 13.6 Å². The third kappa shape index (κ3) is 3.62. The zero-order valence-electron chi connectivity index (χ0n) is 16.2. The topological polar surface area (TPSA) is 51.2 Å². The molecule has 156 valence electrons. The average molecular weight is 439 g/mol. The SMILES string of the molecule is O=C(Nc1ccc(-c2ccccc2F)c(F)c1)C1=C(c2ccnc(Cl)c2)[C@@H]2CC[C@H]1O2. The number of nitrogens with zero attached hydrogens (tertiary/aromatic N) is 1. The summed E-state index contributed by atoms with van der Waals surface area (Å²) in [4.78, 5) is 17.1. The lowest BCUT2D eigenvalue weighted by Crippen LogP contribution is -2.23. The van der Waals surface area contributed by atoms with E-state index in [-0.39, 0.29) is 34.9 Å². The van der Waals surface area contributed by atoms with Crippen molar-refractivity contribution in [1.82, 2.24) is 4.98 Å². The number of carbonyl (C=O) groups is 1. The first-order valence-electron chi connectivity index (χ1n) is 9.88. The first-order chi connectivity index (χ1) is 15.0. The lowest BCUT2D eigenvalue weighted by molar-refractivity contribution is -0.113. The van der Waals surface area contributed by atoms with Crippen molar-refractivity contribution in [3.8, 4) is 11.1 Å². The van der Waals surface area contributed by atoms with Crippen molar-refractivity contribution in [3.05, 3.63) is 88.7 Å². The van der Waals surface area contributed by atoms with Crippen LogP contribution in [0, 0.1) is 11.6 Å². The van der Waals surface area contributed by atoms with Crippen LogP contribution in [0.2, 0.25) is 5.15 Å². The van der Waals surface area contributed by atoms with Gasteiger partial charge in [-0.25, -0.2) is 13.8 Å². The summed E-state index contributed by atoms with van der Waals surface area (Å²) in [6.45, 7) is 0. The molecule has 0 spiro atoms. The van der Waals surface area contributed by atoms with E-state index in [1.807, 2.05) is 0 Å². The second kappa shape index (κ2) is 7.87. The molecule has 3 heterocycles. The van der Waals surface area contributed by atoms with Crippen molar-refractivity contribution in [2.75, 3.05) is 5.32 Å². The molecule has 1 saturated heterocycles. The average Bonchev–Trinajstić information content (AvgIpc) is 3.36. The van der Waals surface area contributed by atoms with E-state index >= 15 is 0 Å². The first kappa shape index (κ1) is 19.8.